The minimum absolute atomic E-state index is 0.0244. The van der Waals surface area contributed by atoms with Gasteiger partial charge in [-0.3, -0.25) is 9.69 Å². The first kappa shape index (κ1) is 32.2. The number of aliphatic carboxylic acids is 1. The molecule has 0 aromatic heterocycles. The Labute approximate surface area is 280 Å². The second kappa shape index (κ2) is 15.2. The molecule has 8 heteroatoms. The second-order valence-corrected chi connectivity index (χ2v) is 11.6. The van der Waals surface area contributed by atoms with Gasteiger partial charge in [-0.1, -0.05) is 102 Å². The van der Waals surface area contributed by atoms with Crippen LogP contribution >= 0.6 is 0 Å². The Bertz CT molecular complexity index is 1810. The van der Waals surface area contributed by atoms with E-state index in [4.69, 9.17) is 14.7 Å². The van der Waals surface area contributed by atoms with Crippen molar-refractivity contribution in [2.45, 2.75) is 13.0 Å². The van der Waals surface area contributed by atoms with Gasteiger partial charge in [-0.25, -0.2) is 4.79 Å². The molecule has 1 heterocycles. The summed E-state index contributed by atoms with van der Waals surface area (Å²) in [6, 6.07) is 44.1. The van der Waals surface area contributed by atoms with Crippen molar-refractivity contribution in [3.8, 4) is 22.6 Å². The molecule has 1 aliphatic heterocycles. The predicted molar refractivity (Wildman–Crippen MR) is 186 cm³/mol. The maximum atomic E-state index is 13.5. The summed E-state index contributed by atoms with van der Waals surface area (Å²) in [6.07, 6.45) is 0. The van der Waals surface area contributed by atoms with Gasteiger partial charge in [0.2, 0.25) is 6.61 Å². The fourth-order valence-electron chi connectivity index (χ4n) is 5.93. The van der Waals surface area contributed by atoms with Crippen LogP contribution in [0.1, 0.15) is 40.0 Å². The lowest BCUT2D eigenvalue weighted by atomic mass is 9.96. The molecule has 0 aliphatic carbocycles. The standard InChI is InChI=1S/C40H37N3O5/c1-29(41-47-28-38(44)45)30-15-17-31(18-16-30)35-13-8-14-37(27-35)48-36-21-19-34(20-22-36)40(46)43-25-23-42(24-26-43)39(32-9-4-2-5-10-32)33-11-6-3-7-12-33/h2-22,27,39H,23-26,28H2,1H3,(H,44,45)/b41-29+. The quantitative estimate of drug-likeness (QED) is 0.119. The predicted octanol–water partition coefficient (Wildman–Crippen LogP) is 7.52. The first-order valence-electron chi connectivity index (χ1n) is 15.9. The highest BCUT2D eigenvalue weighted by molar-refractivity contribution is 5.98. The number of rotatable bonds is 11. The number of carboxylic acid groups (broad SMARTS) is 1. The van der Waals surface area contributed by atoms with E-state index in [1.165, 1.54) is 11.1 Å². The molecule has 1 N–H and O–H groups in total. The number of nitrogens with zero attached hydrogens (tertiary/aromatic N) is 3. The number of hydrogen-bond acceptors (Lipinski definition) is 6. The van der Waals surface area contributed by atoms with E-state index in [1.54, 1.807) is 6.92 Å². The topological polar surface area (TPSA) is 91.7 Å². The van der Waals surface area contributed by atoms with Gasteiger partial charge in [-0.05, 0) is 71.1 Å². The van der Waals surface area contributed by atoms with Gasteiger partial charge >= 0.3 is 5.97 Å². The molecule has 1 amide bonds. The fourth-order valence-corrected chi connectivity index (χ4v) is 5.93. The van der Waals surface area contributed by atoms with Crippen molar-refractivity contribution in [1.29, 1.82) is 0 Å². The highest BCUT2D eigenvalue weighted by Crippen LogP contribution is 2.31. The van der Waals surface area contributed by atoms with Crippen molar-refractivity contribution in [3.05, 3.63) is 156 Å². The summed E-state index contributed by atoms with van der Waals surface area (Å²) in [5.41, 5.74) is 6.53. The van der Waals surface area contributed by atoms with Crippen LogP contribution in [0.2, 0.25) is 0 Å². The van der Waals surface area contributed by atoms with Crippen LogP contribution in [-0.2, 0) is 9.63 Å². The Morgan fingerprint density at radius 3 is 1.90 bits per heavy atom. The molecule has 1 aliphatic rings. The third-order valence-electron chi connectivity index (χ3n) is 8.39. The molecule has 8 nitrogen and oxygen atoms in total. The first-order chi connectivity index (χ1) is 23.4. The molecule has 0 unspecified atom stereocenters. The van der Waals surface area contributed by atoms with Crippen LogP contribution in [0.15, 0.2) is 139 Å². The first-order valence-corrected chi connectivity index (χ1v) is 15.9. The van der Waals surface area contributed by atoms with E-state index in [9.17, 15) is 9.59 Å². The highest BCUT2D eigenvalue weighted by atomic mass is 16.6. The molecule has 242 valence electrons. The van der Waals surface area contributed by atoms with Crippen LogP contribution < -0.4 is 4.74 Å². The van der Waals surface area contributed by atoms with Gasteiger partial charge < -0.3 is 19.6 Å². The third kappa shape index (κ3) is 7.97. The fraction of sp³-hybridized carbons (Fsp3) is 0.175. The lowest BCUT2D eigenvalue weighted by Gasteiger charge is -2.39. The molecular formula is C40H37N3O5. The van der Waals surface area contributed by atoms with Gasteiger partial charge in [0.1, 0.15) is 11.5 Å². The number of hydrogen-bond donors (Lipinski definition) is 1. The number of oxime groups is 1. The minimum Gasteiger partial charge on any atom is -0.479 e. The van der Waals surface area contributed by atoms with Crippen LogP contribution in [0, 0.1) is 0 Å². The van der Waals surface area contributed by atoms with Crippen LogP contribution in [0.3, 0.4) is 0 Å². The summed E-state index contributed by atoms with van der Waals surface area (Å²) in [6.45, 7) is 4.17. The van der Waals surface area contributed by atoms with Crippen LogP contribution in [0.4, 0.5) is 0 Å². The Morgan fingerprint density at radius 2 is 1.29 bits per heavy atom. The number of amides is 1. The summed E-state index contributed by atoms with van der Waals surface area (Å²) in [4.78, 5) is 33.3. The Hall–Kier alpha value is -5.73. The molecule has 0 radical (unpaired) electrons. The number of carboxylic acids is 1. The van der Waals surface area contributed by atoms with Gasteiger partial charge in [0.25, 0.3) is 5.91 Å². The Morgan fingerprint density at radius 1 is 0.688 bits per heavy atom. The van der Waals surface area contributed by atoms with Crippen LogP contribution in [0.5, 0.6) is 11.5 Å². The van der Waals surface area contributed by atoms with Crippen molar-refractivity contribution in [1.82, 2.24) is 9.80 Å². The van der Waals surface area contributed by atoms with E-state index in [2.05, 4.69) is 58.6 Å². The zero-order valence-corrected chi connectivity index (χ0v) is 26.7. The van der Waals surface area contributed by atoms with E-state index in [1.807, 2.05) is 89.8 Å². The Kier molecular flexibility index (Phi) is 10.2. The molecule has 0 bridgehead atoms. The molecule has 1 fully saturated rings. The summed E-state index contributed by atoms with van der Waals surface area (Å²) in [7, 11) is 0. The molecule has 5 aromatic carbocycles. The van der Waals surface area contributed by atoms with Gasteiger partial charge in [0.05, 0.1) is 11.8 Å². The lowest BCUT2D eigenvalue weighted by Crippen LogP contribution is -2.49. The largest absolute Gasteiger partial charge is 0.479 e. The van der Waals surface area contributed by atoms with Gasteiger partial charge in [-0.2, -0.15) is 0 Å². The van der Waals surface area contributed by atoms with E-state index in [0.29, 0.717) is 35.9 Å². The van der Waals surface area contributed by atoms with Crippen molar-refractivity contribution < 1.29 is 24.3 Å². The molecule has 0 spiro atoms. The van der Waals surface area contributed by atoms with Crippen molar-refractivity contribution in [2.24, 2.45) is 5.16 Å². The summed E-state index contributed by atoms with van der Waals surface area (Å²) in [5.74, 6) is 0.273. The summed E-state index contributed by atoms with van der Waals surface area (Å²) >= 11 is 0. The van der Waals surface area contributed by atoms with Gasteiger partial charge in [0, 0.05) is 31.7 Å². The second-order valence-electron chi connectivity index (χ2n) is 11.6. The Balaban J connectivity index is 1.06. The number of piperazine rings is 1. The lowest BCUT2D eigenvalue weighted by molar-refractivity contribution is -0.142. The summed E-state index contributed by atoms with van der Waals surface area (Å²) < 4.78 is 6.16. The molecule has 0 saturated carbocycles. The SMILES string of the molecule is C/C(=N\OCC(=O)O)c1ccc(-c2cccc(Oc3ccc(C(=O)N4CCN(C(c5ccccc5)c5ccccc5)CC4)cc3)c2)cc1. The molecule has 1 saturated heterocycles. The van der Waals surface area contributed by atoms with Crippen LogP contribution in [0.25, 0.3) is 11.1 Å². The normalized spacial score (nSPS) is 13.7. The van der Waals surface area contributed by atoms with E-state index < -0.39 is 12.6 Å². The third-order valence-corrected chi connectivity index (χ3v) is 8.39. The average Bonchev–Trinajstić information content (AvgIpc) is 3.13. The maximum Gasteiger partial charge on any atom is 0.344 e. The van der Waals surface area contributed by atoms with Crippen LogP contribution in [-0.4, -0.2) is 65.3 Å². The smallest absolute Gasteiger partial charge is 0.344 e. The molecular weight excluding hydrogens is 602 g/mol. The number of carbonyl (C=O) groups excluding carboxylic acids is 1. The van der Waals surface area contributed by atoms with E-state index >= 15 is 0 Å². The monoisotopic (exact) mass is 639 g/mol. The van der Waals surface area contributed by atoms with Crippen molar-refractivity contribution in [3.63, 3.8) is 0 Å². The van der Waals surface area contributed by atoms with E-state index in [-0.39, 0.29) is 11.9 Å². The molecule has 0 atom stereocenters. The van der Waals surface area contributed by atoms with E-state index in [0.717, 1.165) is 29.8 Å². The zero-order chi connectivity index (χ0) is 33.3. The highest BCUT2D eigenvalue weighted by Gasteiger charge is 2.28. The van der Waals surface area contributed by atoms with Crippen molar-refractivity contribution in [2.75, 3.05) is 32.8 Å². The maximum absolute atomic E-state index is 13.5. The molecule has 6 rings (SSSR count). The number of carbonyl (C=O) groups is 2. The number of ether oxygens (including phenoxy) is 1. The number of benzene rings is 5. The average molecular weight is 640 g/mol. The zero-order valence-electron chi connectivity index (χ0n) is 26.7. The molecule has 5 aromatic rings. The minimum atomic E-state index is -1.07. The van der Waals surface area contributed by atoms with Gasteiger partial charge in [-0.15, -0.1) is 0 Å². The molecule has 48 heavy (non-hydrogen) atoms. The summed E-state index contributed by atoms with van der Waals surface area (Å²) in [5, 5.41) is 12.6. The van der Waals surface area contributed by atoms with Crippen molar-refractivity contribution >= 4 is 17.6 Å². The van der Waals surface area contributed by atoms with Gasteiger partial charge in [0.15, 0.2) is 0 Å².